The molecule has 0 spiro atoms. The normalized spacial score (nSPS) is 23.5. The second kappa shape index (κ2) is 6.50. The maximum Gasteiger partial charge on any atom is 0.327 e. The second-order valence-corrected chi connectivity index (χ2v) is 6.84. The summed E-state index contributed by atoms with van der Waals surface area (Å²) in [6, 6.07) is -0.967. The molecule has 5 nitrogen and oxygen atoms in total. The van der Waals surface area contributed by atoms with E-state index in [0.717, 1.165) is 12.8 Å². The Morgan fingerprint density at radius 3 is 2.53 bits per heavy atom. The second-order valence-electron chi connectivity index (χ2n) is 5.63. The van der Waals surface area contributed by atoms with Gasteiger partial charge in [0.2, 0.25) is 0 Å². The minimum absolute atomic E-state index is 0.0307. The third kappa shape index (κ3) is 4.03. The lowest BCUT2D eigenvalue weighted by atomic mass is 9.90. The number of urea groups is 1. The van der Waals surface area contributed by atoms with Crippen LogP contribution in [0.3, 0.4) is 0 Å². The molecule has 110 valence electrons. The van der Waals surface area contributed by atoms with Crippen molar-refractivity contribution in [1.82, 2.24) is 10.2 Å². The number of hydrogen-bond acceptors (Lipinski definition) is 3. The molecule has 6 heteroatoms. The van der Waals surface area contributed by atoms with Gasteiger partial charge in [-0.3, -0.25) is 4.90 Å². The van der Waals surface area contributed by atoms with E-state index in [4.69, 9.17) is 0 Å². The van der Waals surface area contributed by atoms with E-state index in [2.05, 4.69) is 26.1 Å². The van der Waals surface area contributed by atoms with Crippen LogP contribution >= 0.6 is 11.8 Å². The summed E-state index contributed by atoms with van der Waals surface area (Å²) in [5.74, 6) is -0.452. The van der Waals surface area contributed by atoms with Crippen LogP contribution in [0.25, 0.3) is 0 Å². The highest BCUT2D eigenvalue weighted by molar-refractivity contribution is 8.00. The minimum Gasteiger partial charge on any atom is -0.480 e. The fourth-order valence-corrected chi connectivity index (χ4v) is 3.22. The molecule has 0 aromatic rings. The molecule has 0 aromatic carbocycles. The summed E-state index contributed by atoms with van der Waals surface area (Å²) in [5, 5.41) is 12.0. The van der Waals surface area contributed by atoms with Gasteiger partial charge in [0.25, 0.3) is 0 Å². The molecule has 1 rings (SSSR count). The van der Waals surface area contributed by atoms with Crippen molar-refractivity contribution in [2.75, 3.05) is 12.3 Å². The highest BCUT2D eigenvalue weighted by Crippen LogP contribution is 2.31. The van der Waals surface area contributed by atoms with Crippen molar-refractivity contribution in [3.05, 3.63) is 0 Å². The first-order valence-corrected chi connectivity index (χ1v) is 7.78. The molecule has 2 unspecified atom stereocenters. The summed E-state index contributed by atoms with van der Waals surface area (Å²) in [6.07, 6.45) is 1.72. The van der Waals surface area contributed by atoms with Gasteiger partial charge in [-0.1, -0.05) is 27.7 Å². The zero-order valence-corrected chi connectivity index (χ0v) is 12.9. The van der Waals surface area contributed by atoms with Gasteiger partial charge in [0.05, 0.1) is 5.37 Å². The molecule has 0 saturated carbocycles. The van der Waals surface area contributed by atoms with Gasteiger partial charge in [-0.2, -0.15) is 0 Å². The van der Waals surface area contributed by atoms with Crippen LogP contribution in [0.15, 0.2) is 0 Å². The first kappa shape index (κ1) is 16.1. The van der Waals surface area contributed by atoms with E-state index in [0.29, 0.717) is 12.3 Å². The largest absolute Gasteiger partial charge is 0.480 e. The fraction of sp³-hybridized carbons (Fsp3) is 0.846. The molecule has 1 saturated heterocycles. The van der Waals surface area contributed by atoms with Crippen LogP contribution in [-0.2, 0) is 4.79 Å². The number of aliphatic carboxylic acids is 1. The fourth-order valence-electron chi connectivity index (χ4n) is 1.87. The Balaban J connectivity index is 2.68. The van der Waals surface area contributed by atoms with Crippen molar-refractivity contribution in [3.8, 4) is 0 Å². The van der Waals surface area contributed by atoms with Gasteiger partial charge in [-0.05, 0) is 18.3 Å². The smallest absolute Gasteiger partial charge is 0.327 e. The standard InChI is InChI=1S/C13H24N2O3S/c1-5-10-15(9(7-19-10)11(16)17)12(18)14-8-13(3,4)6-2/h9-10H,5-8H2,1-4H3,(H,14,18)(H,16,17). The van der Waals surface area contributed by atoms with E-state index < -0.39 is 12.0 Å². The first-order valence-electron chi connectivity index (χ1n) is 6.73. The zero-order valence-electron chi connectivity index (χ0n) is 12.1. The third-order valence-corrected chi connectivity index (χ3v) is 5.09. The van der Waals surface area contributed by atoms with E-state index in [1.165, 1.54) is 16.7 Å². The lowest BCUT2D eigenvalue weighted by Gasteiger charge is -2.29. The minimum atomic E-state index is -0.923. The molecule has 0 aliphatic carbocycles. The number of amides is 2. The summed E-state index contributed by atoms with van der Waals surface area (Å²) < 4.78 is 0. The Bertz CT molecular complexity index is 347. The molecule has 1 heterocycles. The topological polar surface area (TPSA) is 69.6 Å². The van der Waals surface area contributed by atoms with Crippen LogP contribution in [0.4, 0.5) is 4.79 Å². The maximum absolute atomic E-state index is 12.2. The quantitative estimate of drug-likeness (QED) is 0.815. The number of nitrogens with zero attached hydrogens (tertiary/aromatic N) is 1. The van der Waals surface area contributed by atoms with Crippen molar-refractivity contribution < 1.29 is 14.7 Å². The van der Waals surface area contributed by atoms with Crippen molar-refractivity contribution >= 4 is 23.8 Å². The maximum atomic E-state index is 12.2. The summed E-state index contributed by atoms with van der Waals surface area (Å²) in [4.78, 5) is 24.9. The molecule has 2 amide bonds. The van der Waals surface area contributed by atoms with Crippen LogP contribution < -0.4 is 5.32 Å². The van der Waals surface area contributed by atoms with Crippen molar-refractivity contribution in [2.24, 2.45) is 5.41 Å². The highest BCUT2D eigenvalue weighted by Gasteiger charge is 2.40. The Morgan fingerprint density at radius 1 is 1.42 bits per heavy atom. The molecule has 1 aliphatic heterocycles. The number of thioether (sulfide) groups is 1. The van der Waals surface area contributed by atoms with Crippen LogP contribution in [0.2, 0.25) is 0 Å². The Labute approximate surface area is 119 Å². The molecule has 1 fully saturated rings. The van der Waals surface area contributed by atoms with E-state index in [1.807, 2.05) is 6.92 Å². The number of carbonyl (C=O) groups is 2. The van der Waals surface area contributed by atoms with Crippen molar-refractivity contribution in [3.63, 3.8) is 0 Å². The SMILES string of the molecule is CCC1SCC(C(=O)O)N1C(=O)NCC(C)(C)CC. The van der Waals surface area contributed by atoms with E-state index >= 15 is 0 Å². The van der Waals surface area contributed by atoms with E-state index in [1.54, 1.807) is 0 Å². The third-order valence-electron chi connectivity index (χ3n) is 3.64. The first-order chi connectivity index (χ1) is 8.82. The molecule has 0 radical (unpaired) electrons. The van der Waals surface area contributed by atoms with Crippen LogP contribution in [0, 0.1) is 5.41 Å². The van der Waals surface area contributed by atoms with Gasteiger partial charge in [0, 0.05) is 12.3 Å². The Kier molecular flexibility index (Phi) is 5.52. The molecule has 19 heavy (non-hydrogen) atoms. The molecule has 0 aromatic heterocycles. The predicted octanol–water partition coefficient (Wildman–Crippen LogP) is 2.37. The number of nitrogens with one attached hydrogen (secondary N) is 1. The van der Waals surface area contributed by atoms with Gasteiger partial charge in [0.15, 0.2) is 0 Å². The molecular weight excluding hydrogens is 264 g/mol. The zero-order chi connectivity index (χ0) is 14.6. The van der Waals surface area contributed by atoms with Gasteiger partial charge < -0.3 is 10.4 Å². The number of rotatable bonds is 5. The van der Waals surface area contributed by atoms with E-state index in [-0.39, 0.29) is 16.8 Å². The Hall–Kier alpha value is -0.910. The van der Waals surface area contributed by atoms with Gasteiger partial charge >= 0.3 is 12.0 Å². The highest BCUT2D eigenvalue weighted by atomic mass is 32.2. The summed E-state index contributed by atoms with van der Waals surface area (Å²) in [6.45, 7) is 8.77. The van der Waals surface area contributed by atoms with Crippen molar-refractivity contribution in [2.45, 2.75) is 52.0 Å². The summed E-state index contributed by atoms with van der Waals surface area (Å²) >= 11 is 1.54. The van der Waals surface area contributed by atoms with Gasteiger partial charge in [-0.25, -0.2) is 9.59 Å². The van der Waals surface area contributed by atoms with Gasteiger partial charge in [0.1, 0.15) is 6.04 Å². The molecule has 2 atom stereocenters. The molecule has 1 aliphatic rings. The Morgan fingerprint density at radius 2 is 2.05 bits per heavy atom. The monoisotopic (exact) mass is 288 g/mol. The van der Waals surface area contributed by atoms with Crippen LogP contribution in [0.5, 0.6) is 0 Å². The van der Waals surface area contributed by atoms with Gasteiger partial charge in [-0.15, -0.1) is 11.8 Å². The van der Waals surface area contributed by atoms with Crippen LogP contribution in [-0.4, -0.2) is 45.7 Å². The number of hydrogen-bond donors (Lipinski definition) is 2. The molecule has 0 bridgehead atoms. The summed E-state index contributed by atoms with van der Waals surface area (Å²) in [5.41, 5.74) is 0.0307. The number of carboxylic acids is 1. The summed E-state index contributed by atoms with van der Waals surface area (Å²) in [7, 11) is 0. The van der Waals surface area contributed by atoms with Crippen LogP contribution in [0.1, 0.15) is 40.5 Å². The molecule has 2 N–H and O–H groups in total. The predicted molar refractivity (Wildman–Crippen MR) is 77.3 cm³/mol. The van der Waals surface area contributed by atoms with Crippen molar-refractivity contribution in [1.29, 1.82) is 0 Å². The lowest BCUT2D eigenvalue weighted by Crippen LogP contribution is -2.51. The average Bonchev–Trinajstić information content (AvgIpc) is 2.80. The molecular formula is C13H24N2O3S. The number of carboxylic acid groups (broad SMARTS) is 1. The number of carbonyl (C=O) groups excluding carboxylic acids is 1. The lowest BCUT2D eigenvalue weighted by molar-refractivity contribution is -0.141. The average molecular weight is 288 g/mol. The van der Waals surface area contributed by atoms with E-state index in [9.17, 15) is 14.7 Å².